The number of hydrogen-bond acceptors (Lipinski definition) is 6. The van der Waals surface area contributed by atoms with Crippen LogP contribution in [0.1, 0.15) is 35.4 Å². The van der Waals surface area contributed by atoms with Crippen LogP contribution in [-0.2, 0) is 0 Å². The molecule has 6 nitrogen and oxygen atoms in total. The lowest BCUT2D eigenvalue weighted by molar-refractivity contribution is 0.102. The molecular formula is C14H17N5OS. The van der Waals surface area contributed by atoms with Gasteiger partial charge in [0, 0.05) is 30.4 Å². The predicted octanol–water partition coefficient (Wildman–Crippen LogP) is 2.48. The minimum Gasteiger partial charge on any atom is -0.341 e. The highest BCUT2D eigenvalue weighted by Gasteiger charge is 2.17. The number of hydrogen-bond donors (Lipinski definition) is 1. The molecule has 0 unspecified atom stereocenters. The molecule has 7 heteroatoms. The maximum absolute atomic E-state index is 12.2. The molecule has 0 radical (unpaired) electrons. The van der Waals surface area contributed by atoms with Gasteiger partial charge < -0.3 is 4.90 Å². The monoisotopic (exact) mass is 303 g/mol. The summed E-state index contributed by atoms with van der Waals surface area (Å²) in [6.07, 6.45) is 5.21. The van der Waals surface area contributed by atoms with E-state index in [1.54, 1.807) is 12.3 Å². The van der Waals surface area contributed by atoms with Crippen LogP contribution in [0.2, 0.25) is 0 Å². The zero-order valence-corrected chi connectivity index (χ0v) is 12.7. The van der Waals surface area contributed by atoms with Gasteiger partial charge in [0.25, 0.3) is 5.91 Å². The zero-order chi connectivity index (χ0) is 14.7. The van der Waals surface area contributed by atoms with Gasteiger partial charge >= 0.3 is 0 Å². The normalized spacial score (nSPS) is 15.0. The molecule has 0 bridgehead atoms. The van der Waals surface area contributed by atoms with Crippen LogP contribution in [0.3, 0.4) is 0 Å². The van der Waals surface area contributed by atoms with Gasteiger partial charge in [0.1, 0.15) is 5.69 Å². The number of thiazole rings is 1. The Morgan fingerprint density at radius 2 is 2.10 bits per heavy atom. The van der Waals surface area contributed by atoms with Crippen molar-refractivity contribution in [2.75, 3.05) is 23.3 Å². The average Bonchev–Trinajstić information content (AvgIpc) is 3.00. The Balaban J connectivity index is 1.81. The Bertz CT molecular complexity index is 622. The van der Waals surface area contributed by atoms with Gasteiger partial charge in [-0.15, -0.1) is 11.3 Å². The lowest BCUT2D eigenvalue weighted by atomic mass is 10.1. The summed E-state index contributed by atoms with van der Waals surface area (Å²) in [6.45, 7) is 3.79. The molecule has 1 amide bonds. The summed E-state index contributed by atoms with van der Waals surface area (Å²) >= 11 is 1.39. The third-order valence-electron chi connectivity index (χ3n) is 3.37. The standard InChI is InChI=1S/C14H17N5OS/c1-10-9-11(12(20)18-14-15-5-8-21-14)17-13(16-10)19-6-3-2-4-7-19/h5,8-9H,2-4,6-7H2,1H3,(H,15,18,20). The van der Waals surface area contributed by atoms with Gasteiger partial charge in [-0.25, -0.2) is 15.0 Å². The number of nitrogens with zero attached hydrogens (tertiary/aromatic N) is 4. The molecule has 21 heavy (non-hydrogen) atoms. The van der Waals surface area contributed by atoms with E-state index in [-0.39, 0.29) is 5.91 Å². The third kappa shape index (κ3) is 3.36. The lowest BCUT2D eigenvalue weighted by Gasteiger charge is -2.27. The molecule has 0 saturated carbocycles. The Morgan fingerprint density at radius 3 is 2.81 bits per heavy atom. The number of nitrogens with one attached hydrogen (secondary N) is 1. The number of aryl methyl sites for hydroxylation is 1. The van der Waals surface area contributed by atoms with Crippen molar-refractivity contribution in [3.63, 3.8) is 0 Å². The van der Waals surface area contributed by atoms with Gasteiger partial charge in [-0.3, -0.25) is 10.1 Å². The average molecular weight is 303 g/mol. The molecule has 3 rings (SSSR count). The number of aromatic nitrogens is 3. The van der Waals surface area contributed by atoms with Crippen LogP contribution in [0, 0.1) is 6.92 Å². The highest BCUT2D eigenvalue weighted by Crippen LogP contribution is 2.18. The van der Waals surface area contributed by atoms with Crippen LogP contribution >= 0.6 is 11.3 Å². The van der Waals surface area contributed by atoms with Gasteiger partial charge in [-0.05, 0) is 32.3 Å². The van der Waals surface area contributed by atoms with Crippen molar-refractivity contribution in [1.29, 1.82) is 0 Å². The summed E-state index contributed by atoms with van der Waals surface area (Å²) in [5.74, 6) is 0.410. The quantitative estimate of drug-likeness (QED) is 0.943. The molecule has 1 N–H and O–H groups in total. The van der Waals surface area contributed by atoms with Crippen molar-refractivity contribution < 1.29 is 4.79 Å². The molecule has 0 atom stereocenters. The van der Waals surface area contributed by atoms with E-state index >= 15 is 0 Å². The number of piperidine rings is 1. The minimum absolute atomic E-state index is 0.242. The first-order valence-electron chi connectivity index (χ1n) is 7.04. The second-order valence-electron chi connectivity index (χ2n) is 5.03. The first-order chi connectivity index (χ1) is 10.2. The molecule has 1 aliphatic heterocycles. The molecule has 0 aromatic carbocycles. The predicted molar refractivity (Wildman–Crippen MR) is 82.9 cm³/mol. The molecule has 110 valence electrons. The third-order valence-corrected chi connectivity index (χ3v) is 4.06. The van der Waals surface area contributed by atoms with Gasteiger partial charge in [-0.2, -0.15) is 0 Å². The number of carbonyl (C=O) groups excluding carboxylic acids is 1. The molecule has 2 aromatic rings. The highest BCUT2D eigenvalue weighted by atomic mass is 32.1. The van der Waals surface area contributed by atoms with E-state index in [0.717, 1.165) is 31.6 Å². The fourth-order valence-corrected chi connectivity index (χ4v) is 2.87. The highest BCUT2D eigenvalue weighted by molar-refractivity contribution is 7.13. The molecular weight excluding hydrogens is 286 g/mol. The van der Waals surface area contributed by atoms with Crippen molar-refractivity contribution in [2.24, 2.45) is 0 Å². The topological polar surface area (TPSA) is 71.0 Å². The van der Waals surface area contributed by atoms with Crippen LogP contribution in [0.25, 0.3) is 0 Å². The molecule has 3 heterocycles. The lowest BCUT2D eigenvalue weighted by Crippen LogP contribution is -2.31. The fourth-order valence-electron chi connectivity index (χ4n) is 2.35. The van der Waals surface area contributed by atoms with Crippen LogP contribution in [-0.4, -0.2) is 33.9 Å². The van der Waals surface area contributed by atoms with Gasteiger partial charge in [-0.1, -0.05) is 0 Å². The van der Waals surface area contributed by atoms with E-state index in [1.165, 1.54) is 17.8 Å². The second-order valence-corrected chi connectivity index (χ2v) is 5.93. The van der Waals surface area contributed by atoms with Crippen LogP contribution < -0.4 is 10.2 Å². The number of rotatable bonds is 3. The number of carbonyl (C=O) groups is 1. The van der Waals surface area contributed by atoms with Crippen molar-refractivity contribution in [3.8, 4) is 0 Å². The summed E-state index contributed by atoms with van der Waals surface area (Å²) in [7, 11) is 0. The van der Waals surface area contributed by atoms with E-state index in [0.29, 0.717) is 16.8 Å². The van der Waals surface area contributed by atoms with Crippen molar-refractivity contribution in [3.05, 3.63) is 29.0 Å². The van der Waals surface area contributed by atoms with E-state index in [9.17, 15) is 4.79 Å². The fraction of sp³-hybridized carbons (Fsp3) is 0.429. The first-order valence-corrected chi connectivity index (χ1v) is 7.92. The smallest absolute Gasteiger partial charge is 0.276 e. The Kier molecular flexibility index (Phi) is 4.10. The van der Waals surface area contributed by atoms with Crippen LogP contribution in [0.4, 0.5) is 11.1 Å². The van der Waals surface area contributed by atoms with Crippen LogP contribution in [0.5, 0.6) is 0 Å². The Labute approximate surface area is 127 Å². The summed E-state index contributed by atoms with van der Waals surface area (Å²) in [6, 6.07) is 1.70. The van der Waals surface area contributed by atoms with Crippen molar-refractivity contribution in [2.45, 2.75) is 26.2 Å². The summed E-state index contributed by atoms with van der Waals surface area (Å²) < 4.78 is 0. The van der Waals surface area contributed by atoms with Gasteiger partial charge in [0.2, 0.25) is 5.95 Å². The molecule has 0 spiro atoms. The molecule has 2 aromatic heterocycles. The van der Waals surface area contributed by atoms with E-state index in [1.807, 2.05) is 12.3 Å². The minimum atomic E-state index is -0.242. The second kappa shape index (κ2) is 6.17. The van der Waals surface area contributed by atoms with Crippen molar-refractivity contribution in [1.82, 2.24) is 15.0 Å². The molecule has 1 aliphatic rings. The van der Waals surface area contributed by atoms with E-state index < -0.39 is 0 Å². The number of amides is 1. The number of anilines is 2. The Hall–Kier alpha value is -2.02. The summed E-state index contributed by atoms with van der Waals surface area (Å²) in [4.78, 5) is 27.3. The largest absolute Gasteiger partial charge is 0.341 e. The maximum Gasteiger partial charge on any atom is 0.276 e. The van der Waals surface area contributed by atoms with E-state index in [2.05, 4.69) is 25.2 Å². The zero-order valence-electron chi connectivity index (χ0n) is 11.9. The van der Waals surface area contributed by atoms with E-state index in [4.69, 9.17) is 0 Å². The molecule has 1 saturated heterocycles. The summed E-state index contributed by atoms with van der Waals surface area (Å²) in [5, 5.41) is 5.15. The van der Waals surface area contributed by atoms with Gasteiger partial charge in [0.15, 0.2) is 5.13 Å². The summed E-state index contributed by atoms with van der Waals surface area (Å²) in [5.41, 5.74) is 1.19. The molecule has 0 aliphatic carbocycles. The van der Waals surface area contributed by atoms with Crippen molar-refractivity contribution >= 4 is 28.3 Å². The maximum atomic E-state index is 12.2. The van der Waals surface area contributed by atoms with Gasteiger partial charge in [0.05, 0.1) is 0 Å². The first kappa shape index (κ1) is 13.9. The molecule has 1 fully saturated rings. The Morgan fingerprint density at radius 1 is 1.29 bits per heavy atom. The van der Waals surface area contributed by atoms with Crippen LogP contribution in [0.15, 0.2) is 17.6 Å². The SMILES string of the molecule is Cc1cc(C(=O)Nc2nccs2)nc(N2CCCCC2)n1.